The molecule has 0 amide bonds. The summed E-state index contributed by atoms with van der Waals surface area (Å²) in [6, 6.07) is 6.12. The molecule has 1 saturated heterocycles. The number of hydrogen-bond acceptors (Lipinski definition) is 6. The summed E-state index contributed by atoms with van der Waals surface area (Å²) in [5.41, 5.74) is 0.990. The Morgan fingerprint density at radius 1 is 1.48 bits per heavy atom. The van der Waals surface area contributed by atoms with Gasteiger partial charge in [0.05, 0.1) is 23.3 Å². The van der Waals surface area contributed by atoms with Crippen molar-refractivity contribution in [2.45, 2.75) is 12.6 Å². The van der Waals surface area contributed by atoms with Crippen molar-refractivity contribution in [3.8, 4) is 10.6 Å². The summed E-state index contributed by atoms with van der Waals surface area (Å²) in [5.74, 6) is 0.859. The van der Waals surface area contributed by atoms with Crippen LogP contribution in [0.5, 0.6) is 0 Å². The minimum atomic E-state index is 0.275. The number of aromatic nitrogens is 1. The van der Waals surface area contributed by atoms with E-state index in [4.69, 9.17) is 9.26 Å². The third-order valence-electron chi connectivity index (χ3n) is 3.50. The summed E-state index contributed by atoms with van der Waals surface area (Å²) >= 11 is 1.67. The van der Waals surface area contributed by atoms with Crippen LogP contribution < -0.4 is 0 Å². The summed E-state index contributed by atoms with van der Waals surface area (Å²) < 4.78 is 11.2. The number of nitrogens with zero attached hydrogens (tertiary/aromatic N) is 3. The molecule has 0 radical (unpaired) electrons. The molecule has 5 nitrogen and oxygen atoms in total. The molecule has 2 aromatic heterocycles. The highest BCUT2D eigenvalue weighted by Gasteiger charge is 2.22. The molecule has 0 aliphatic carbocycles. The van der Waals surface area contributed by atoms with E-state index in [1.807, 2.05) is 17.5 Å². The summed E-state index contributed by atoms with van der Waals surface area (Å²) in [5, 5.41) is 6.24. The summed E-state index contributed by atoms with van der Waals surface area (Å²) in [6.07, 6.45) is 0.275. The van der Waals surface area contributed by atoms with E-state index >= 15 is 0 Å². The second-order valence-corrected chi connectivity index (χ2v) is 6.60. The van der Waals surface area contributed by atoms with Crippen LogP contribution in [-0.2, 0) is 11.3 Å². The number of rotatable bonds is 5. The van der Waals surface area contributed by atoms with Crippen molar-refractivity contribution >= 4 is 11.3 Å². The van der Waals surface area contributed by atoms with E-state index in [-0.39, 0.29) is 6.10 Å². The molecule has 1 unspecified atom stereocenters. The Bertz CT molecular complexity index is 553. The number of hydrogen-bond donors (Lipinski definition) is 0. The first-order chi connectivity index (χ1) is 10.2. The highest BCUT2D eigenvalue weighted by Crippen LogP contribution is 2.25. The largest absolute Gasteiger partial charge is 0.374 e. The molecular weight excluding hydrogens is 286 g/mol. The first kappa shape index (κ1) is 14.7. The van der Waals surface area contributed by atoms with Crippen LogP contribution in [0.4, 0.5) is 0 Å². The Morgan fingerprint density at radius 3 is 3.14 bits per heavy atom. The van der Waals surface area contributed by atoms with E-state index in [0.29, 0.717) is 0 Å². The second-order valence-electron chi connectivity index (χ2n) is 5.65. The van der Waals surface area contributed by atoms with Gasteiger partial charge in [0.15, 0.2) is 5.76 Å². The fourth-order valence-corrected chi connectivity index (χ4v) is 3.27. The van der Waals surface area contributed by atoms with Crippen LogP contribution in [0.3, 0.4) is 0 Å². The van der Waals surface area contributed by atoms with Gasteiger partial charge in [-0.25, -0.2) is 0 Å². The van der Waals surface area contributed by atoms with Gasteiger partial charge in [-0.3, -0.25) is 4.90 Å². The molecule has 0 N–H and O–H groups in total. The van der Waals surface area contributed by atoms with Crippen molar-refractivity contribution in [3.63, 3.8) is 0 Å². The third-order valence-corrected chi connectivity index (χ3v) is 4.38. The lowest BCUT2D eigenvalue weighted by molar-refractivity contribution is -0.0411. The molecule has 2 aromatic rings. The number of likely N-dealkylation sites (N-methyl/N-ethyl adjacent to an activating group) is 1. The molecule has 0 aromatic carbocycles. The standard InChI is InChI=1S/C15H21N3O2S/c1-17(2)10-13-11-18(5-6-19-13)9-12-8-14(20-16-12)15-4-3-7-21-15/h3-4,7-8,13H,5-6,9-11H2,1-2H3. The molecule has 1 fully saturated rings. The predicted octanol–water partition coefficient (Wildman–Crippen LogP) is 2.17. The minimum absolute atomic E-state index is 0.275. The highest BCUT2D eigenvalue weighted by atomic mass is 32.1. The average Bonchev–Trinajstić information content (AvgIpc) is 3.08. The van der Waals surface area contributed by atoms with Crippen LogP contribution >= 0.6 is 11.3 Å². The number of ether oxygens (including phenoxy) is 1. The van der Waals surface area contributed by atoms with Crippen molar-refractivity contribution in [2.75, 3.05) is 40.3 Å². The monoisotopic (exact) mass is 307 g/mol. The Labute approximate surface area is 129 Å². The van der Waals surface area contributed by atoms with Crippen LogP contribution in [0.1, 0.15) is 5.69 Å². The smallest absolute Gasteiger partial charge is 0.177 e. The molecule has 1 atom stereocenters. The molecular formula is C15H21N3O2S. The maximum absolute atomic E-state index is 5.80. The van der Waals surface area contributed by atoms with Crippen molar-refractivity contribution in [3.05, 3.63) is 29.3 Å². The van der Waals surface area contributed by atoms with Gasteiger partial charge in [-0.2, -0.15) is 0 Å². The zero-order valence-electron chi connectivity index (χ0n) is 12.5. The lowest BCUT2D eigenvalue weighted by atomic mass is 10.2. The number of thiophene rings is 1. The van der Waals surface area contributed by atoms with Gasteiger partial charge in [-0.1, -0.05) is 11.2 Å². The predicted molar refractivity (Wildman–Crippen MR) is 83.4 cm³/mol. The van der Waals surface area contributed by atoms with Crippen molar-refractivity contribution in [1.82, 2.24) is 15.0 Å². The normalized spacial score (nSPS) is 20.2. The third kappa shape index (κ3) is 3.91. The minimum Gasteiger partial charge on any atom is -0.374 e. The molecule has 0 bridgehead atoms. The molecule has 21 heavy (non-hydrogen) atoms. The van der Waals surface area contributed by atoms with Crippen LogP contribution in [0, 0.1) is 0 Å². The number of morpholine rings is 1. The van der Waals surface area contributed by atoms with E-state index in [2.05, 4.69) is 35.1 Å². The van der Waals surface area contributed by atoms with E-state index < -0.39 is 0 Å². The fourth-order valence-electron chi connectivity index (χ4n) is 2.59. The maximum atomic E-state index is 5.80. The fraction of sp³-hybridized carbons (Fsp3) is 0.533. The van der Waals surface area contributed by atoms with Crippen molar-refractivity contribution in [2.24, 2.45) is 0 Å². The van der Waals surface area contributed by atoms with Gasteiger partial charge < -0.3 is 14.2 Å². The molecule has 0 spiro atoms. The summed E-state index contributed by atoms with van der Waals surface area (Å²) in [4.78, 5) is 5.67. The molecule has 1 aliphatic heterocycles. The molecule has 3 heterocycles. The van der Waals surface area contributed by atoms with E-state index in [1.165, 1.54) is 0 Å². The topological polar surface area (TPSA) is 41.7 Å². The van der Waals surface area contributed by atoms with Crippen LogP contribution in [0.25, 0.3) is 10.6 Å². The van der Waals surface area contributed by atoms with Gasteiger partial charge in [0.2, 0.25) is 0 Å². The quantitative estimate of drug-likeness (QED) is 0.847. The van der Waals surface area contributed by atoms with Crippen LogP contribution in [0.15, 0.2) is 28.1 Å². The molecule has 6 heteroatoms. The van der Waals surface area contributed by atoms with Crippen molar-refractivity contribution in [1.29, 1.82) is 0 Å². The maximum Gasteiger partial charge on any atom is 0.177 e. The Morgan fingerprint density at radius 2 is 2.38 bits per heavy atom. The van der Waals surface area contributed by atoms with Crippen LogP contribution in [-0.4, -0.2) is 61.4 Å². The van der Waals surface area contributed by atoms with Gasteiger partial charge in [0, 0.05) is 32.2 Å². The molecule has 3 rings (SSSR count). The van der Waals surface area contributed by atoms with E-state index in [0.717, 1.165) is 49.1 Å². The second kappa shape index (κ2) is 6.70. The summed E-state index contributed by atoms with van der Waals surface area (Å²) in [7, 11) is 4.15. The van der Waals surface area contributed by atoms with E-state index in [1.54, 1.807) is 11.3 Å². The van der Waals surface area contributed by atoms with Gasteiger partial charge >= 0.3 is 0 Å². The van der Waals surface area contributed by atoms with Crippen molar-refractivity contribution < 1.29 is 9.26 Å². The average molecular weight is 307 g/mol. The first-order valence-corrected chi connectivity index (χ1v) is 8.07. The van der Waals surface area contributed by atoms with Crippen LogP contribution in [0.2, 0.25) is 0 Å². The lowest BCUT2D eigenvalue weighted by Gasteiger charge is -2.33. The highest BCUT2D eigenvalue weighted by molar-refractivity contribution is 7.13. The lowest BCUT2D eigenvalue weighted by Crippen LogP contribution is -2.46. The van der Waals surface area contributed by atoms with E-state index in [9.17, 15) is 0 Å². The summed E-state index contributed by atoms with van der Waals surface area (Å²) in [6.45, 7) is 4.45. The Balaban J connectivity index is 1.59. The first-order valence-electron chi connectivity index (χ1n) is 7.19. The Kier molecular flexibility index (Phi) is 4.70. The molecule has 0 saturated carbocycles. The molecule has 1 aliphatic rings. The van der Waals surface area contributed by atoms with Gasteiger partial charge in [0.25, 0.3) is 0 Å². The van der Waals surface area contributed by atoms with Gasteiger partial charge in [-0.15, -0.1) is 11.3 Å². The SMILES string of the molecule is CN(C)CC1CN(Cc2cc(-c3cccs3)on2)CCO1. The van der Waals surface area contributed by atoms with Gasteiger partial charge in [0.1, 0.15) is 0 Å². The Hall–Kier alpha value is -1.21. The van der Waals surface area contributed by atoms with Gasteiger partial charge in [-0.05, 0) is 25.5 Å². The molecule has 114 valence electrons. The zero-order valence-corrected chi connectivity index (χ0v) is 13.3. The zero-order chi connectivity index (χ0) is 14.7.